The molecule has 2 aromatic carbocycles. The summed E-state index contributed by atoms with van der Waals surface area (Å²) in [6, 6.07) is 12.1. The molecule has 0 aromatic heterocycles. The molecule has 40 heavy (non-hydrogen) atoms. The first-order chi connectivity index (χ1) is 19.2. The van der Waals surface area contributed by atoms with Crippen molar-refractivity contribution in [3.8, 4) is 11.5 Å². The molecule has 2 aliphatic heterocycles. The van der Waals surface area contributed by atoms with Crippen LogP contribution in [0.5, 0.6) is 11.5 Å². The van der Waals surface area contributed by atoms with Gasteiger partial charge in [0.15, 0.2) is 0 Å². The van der Waals surface area contributed by atoms with Crippen molar-refractivity contribution in [3.05, 3.63) is 58.1 Å². The van der Waals surface area contributed by atoms with Gasteiger partial charge in [0.2, 0.25) is 11.8 Å². The number of amides is 2. The van der Waals surface area contributed by atoms with Gasteiger partial charge in [-0.15, -0.1) is 0 Å². The quantitative estimate of drug-likeness (QED) is 0.452. The van der Waals surface area contributed by atoms with Gasteiger partial charge in [-0.1, -0.05) is 23.7 Å². The number of piperidine rings is 1. The van der Waals surface area contributed by atoms with Gasteiger partial charge in [-0.25, -0.2) is 0 Å². The number of nitrogens with zero attached hydrogens (tertiary/aromatic N) is 2. The van der Waals surface area contributed by atoms with Crippen molar-refractivity contribution in [1.82, 2.24) is 15.1 Å². The van der Waals surface area contributed by atoms with E-state index >= 15 is 0 Å². The third kappa shape index (κ3) is 8.12. The average Bonchev–Trinajstić information content (AvgIpc) is 2.92. The summed E-state index contributed by atoms with van der Waals surface area (Å²) < 4.78 is 18.3. The molecule has 2 aliphatic rings. The smallest absolute Gasteiger partial charge is 0.225 e. The Morgan fingerprint density at radius 2 is 1.73 bits per heavy atom. The van der Waals surface area contributed by atoms with Crippen LogP contribution < -0.4 is 14.8 Å². The fourth-order valence-corrected chi connectivity index (χ4v) is 5.68. The van der Waals surface area contributed by atoms with Gasteiger partial charge in [-0.3, -0.25) is 14.5 Å². The van der Waals surface area contributed by atoms with Crippen LogP contribution in [-0.4, -0.2) is 79.3 Å². The van der Waals surface area contributed by atoms with Crippen LogP contribution in [0.3, 0.4) is 0 Å². The summed E-state index contributed by atoms with van der Waals surface area (Å²) in [5, 5.41) is 3.71. The Kier molecular flexibility index (Phi) is 10.3. The van der Waals surface area contributed by atoms with E-state index in [1.165, 1.54) is 12.5 Å². The average molecular weight is 572 g/mol. The number of hydrogen-bond acceptors (Lipinski definition) is 6. The van der Waals surface area contributed by atoms with Gasteiger partial charge >= 0.3 is 0 Å². The van der Waals surface area contributed by atoms with E-state index in [1.54, 1.807) is 0 Å². The minimum Gasteiger partial charge on any atom is -0.494 e. The largest absolute Gasteiger partial charge is 0.494 e. The van der Waals surface area contributed by atoms with E-state index in [-0.39, 0.29) is 30.9 Å². The van der Waals surface area contributed by atoms with Crippen molar-refractivity contribution in [2.45, 2.75) is 65.1 Å². The molecular weight excluding hydrogens is 530 g/mol. The van der Waals surface area contributed by atoms with E-state index in [2.05, 4.69) is 22.3 Å². The highest BCUT2D eigenvalue weighted by atomic mass is 35.5. The zero-order valence-corrected chi connectivity index (χ0v) is 24.9. The molecule has 2 fully saturated rings. The number of nitrogens with one attached hydrogen (secondary N) is 1. The molecule has 2 amide bonds. The maximum absolute atomic E-state index is 13.6. The van der Waals surface area contributed by atoms with E-state index in [1.807, 2.05) is 49.9 Å². The van der Waals surface area contributed by atoms with Crippen molar-refractivity contribution >= 4 is 23.4 Å². The first-order valence-electron chi connectivity index (χ1n) is 14.2. The molecule has 8 nitrogen and oxygen atoms in total. The first kappa shape index (κ1) is 30.2. The maximum atomic E-state index is 13.6. The van der Waals surface area contributed by atoms with Gasteiger partial charge in [-0.2, -0.15) is 0 Å². The second-order valence-corrected chi connectivity index (χ2v) is 11.4. The summed E-state index contributed by atoms with van der Waals surface area (Å²) in [4.78, 5) is 29.3. The normalized spacial score (nSPS) is 20.3. The van der Waals surface area contributed by atoms with E-state index in [0.717, 1.165) is 53.6 Å². The Labute approximate surface area is 242 Å². The third-order valence-electron chi connectivity index (χ3n) is 7.61. The highest BCUT2D eigenvalue weighted by Gasteiger charge is 2.41. The second-order valence-electron chi connectivity index (χ2n) is 11.0. The van der Waals surface area contributed by atoms with Crippen LogP contribution >= 0.6 is 11.6 Å². The number of likely N-dealkylation sites (tertiary alicyclic amines) is 1. The fraction of sp³-hybridized carbons (Fsp3) is 0.548. The molecule has 1 atom stereocenters. The van der Waals surface area contributed by atoms with Crippen LogP contribution in [0.25, 0.3) is 0 Å². The van der Waals surface area contributed by atoms with Gasteiger partial charge in [0, 0.05) is 50.7 Å². The van der Waals surface area contributed by atoms with E-state index in [9.17, 15) is 9.59 Å². The lowest BCUT2D eigenvalue weighted by Crippen LogP contribution is -2.57. The second kappa shape index (κ2) is 13.7. The summed E-state index contributed by atoms with van der Waals surface area (Å²) in [7, 11) is 0. The van der Waals surface area contributed by atoms with Crippen LogP contribution in [0.15, 0.2) is 36.4 Å². The molecule has 0 spiro atoms. The Hall–Kier alpha value is -2.81. The van der Waals surface area contributed by atoms with Gasteiger partial charge in [0.25, 0.3) is 0 Å². The molecule has 218 valence electrons. The lowest BCUT2D eigenvalue weighted by Gasteiger charge is -2.43. The standard InChI is InChI=1S/C31H42ClN3O5/c1-5-38-27-8-6-25(7-9-27)19-34-14-15-40-31(20-34,21-39-28-16-22(2)30(32)23(3)17-28)18-29(37)35-12-10-26(11-13-35)33-24(4)36/h6-9,16-17,26H,5,10-15,18-21H2,1-4H3,(H,33,36)/t31-/m0/s1. The molecule has 0 unspecified atom stereocenters. The third-order valence-corrected chi connectivity index (χ3v) is 8.20. The lowest BCUT2D eigenvalue weighted by molar-refractivity contribution is -0.157. The van der Waals surface area contributed by atoms with Crippen molar-refractivity contribution in [1.29, 1.82) is 0 Å². The number of halogens is 1. The number of rotatable bonds is 10. The molecule has 0 aliphatic carbocycles. The Bertz CT molecular complexity index is 1140. The number of benzene rings is 2. The predicted octanol–water partition coefficient (Wildman–Crippen LogP) is 4.52. The molecule has 2 saturated heterocycles. The van der Waals surface area contributed by atoms with Crippen molar-refractivity contribution in [2.24, 2.45) is 0 Å². The number of carbonyl (C=O) groups is 2. The van der Waals surface area contributed by atoms with Crippen LogP contribution in [0.2, 0.25) is 5.02 Å². The van der Waals surface area contributed by atoms with E-state index in [4.69, 9.17) is 25.8 Å². The summed E-state index contributed by atoms with van der Waals surface area (Å²) >= 11 is 6.37. The topological polar surface area (TPSA) is 80.3 Å². The van der Waals surface area contributed by atoms with Crippen LogP contribution in [0.4, 0.5) is 0 Å². The molecular formula is C31H42ClN3O5. The Morgan fingerprint density at radius 3 is 2.35 bits per heavy atom. The predicted molar refractivity (Wildman–Crippen MR) is 156 cm³/mol. The Balaban J connectivity index is 1.47. The molecule has 0 radical (unpaired) electrons. The van der Waals surface area contributed by atoms with Crippen LogP contribution in [-0.2, 0) is 20.9 Å². The van der Waals surface area contributed by atoms with Crippen molar-refractivity contribution in [2.75, 3.05) is 46.0 Å². The van der Waals surface area contributed by atoms with Gasteiger partial charge in [-0.05, 0) is 74.6 Å². The molecule has 9 heteroatoms. The molecule has 2 aromatic rings. The van der Waals surface area contributed by atoms with E-state index < -0.39 is 5.60 Å². The van der Waals surface area contributed by atoms with Crippen molar-refractivity contribution in [3.63, 3.8) is 0 Å². The van der Waals surface area contributed by atoms with Crippen molar-refractivity contribution < 1.29 is 23.8 Å². The number of aryl methyl sites for hydroxylation is 2. The minimum atomic E-state index is -0.795. The first-order valence-corrected chi connectivity index (χ1v) is 14.6. The minimum absolute atomic E-state index is 0.0308. The molecule has 4 rings (SSSR count). The van der Waals surface area contributed by atoms with Gasteiger partial charge in [0.1, 0.15) is 23.7 Å². The Morgan fingerprint density at radius 1 is 1.05 bits per heavy atom. The molecule has 2 heterocycles. The molecule has 0 bridgehead atoms. The van der Waals surface area contributed by atoms with Crippen LogP contribution in [0.1, 0.15) is 49.8 Å². The highest BCUT2D eigenvalue weighted by Crippen LogP contribution is 2.30. The fourth-order valence-electron chi connectivity index (χ4n) is 5.57. The summed E-state index contributed by atoms with van der Waals surface area (Å²) in [5.74, 6) is 1.60. The van der Waals surface area contributed by atoms with E-state index in [0.29, 0.717) is 32.8 Å². The molecule has 0 saturated carbocycles. The maximum Gasteiger partial charge on any atom is 0.225 e. The summed E-state index contributed by atoms with van der Waals surface area (Å²) in [6.07, 6.45) is 1.73. The highest BCUT2D eigenvalue weighted by molar-refractivity contribution is 6.32. The van der Waals surface area contributed by atoms with Gasteiger partial charge < -0.3 is 24.4 Å². The monoisotopic (exact) mass is 571 g/mol. The zero-order valence-electron chi connectivity index (χ0n) is 24.1. The number of hydrogen-bond donors (Lipinski definition) is 1. The SMILES string of the molecule is CCOc1ccc(CN2CCO[C@@](COc3cc(C)c(Cl)c(C)c3)(CC(=O)N3CCC(NC(C)=O)CC3)C2)cc1. The zero-order chi connectivity index (χ0) is 28.7. The lowest BCUT2D eigenvalue weighted by atomic mass is 9.95. The molecule has 1 N–H and O–H groups in total. The van der Waals surface area contributed by atoms with Gasteiger partial charge in [0.05, 0.1) is 19.6 Å². The number of carbonyl (C=O) groups excluding carboxylic acids is 2. The number of morpholine rings is 1. The summed E-state index contributed by atoms with van der Waals surface area (Å²) in [5.41, 5.74) is 2.28. The number of ether oxygens (including phenoxy) is 3. The van der Waals surface area contributed by atoms with Crippen LogP contribution in [0, 0.1) is 13.8 Å². The summed E-state index contributed by atoms with van der Waals surface area (Å²) in [6.45, 7) is 12.1.